The Kier molecular flexibility index (Phi) is 7.13. The maximum absolute atomic E-state index is 12.8. The predicted molar refractivity (Wildman–Crippen MR) is 97.0 cm³/mol. The van der Waals surface area contributed by atoms with E-state index in [0.717, 1.165) is 10.0 Å². The third kappa shape index (κ3) is 6.31. The van der Waals surface area contributed by atoms with Crippen LogP contribution in [-0.4, -0.2) is 18.5 Å². The van der Waals surface area contributed by atoms with E-state index in [1.807, 2.05) is 31.2 Å². The van der Waals surface area contributed by atoms with Crippen molar-refractivity contribution in [1.82, 2.24) is 5.32 Å². The number of carbonyl (C=O) groups excluding carboxylic acids is 2. The molecule has 0 fully saturated rings. The van der Waals surface area contributed by atoms with Gasteiger partial charge in [0.2, 0.25) is 0 Å². The highest BCUT2D eigenvalue weighted by Gasteiger charge is 2.11. The van der Waals surface area contributed by atoms with Crippen molar-refractivity contribution in [2.75, 3.05) is 6.61 Å². The van der Waals surface area contributed by atoms with Crippen LogP contribution in [0.4, 0.5) is 9.18 Å². The number of benzene rings is 2. The summed E-state index contributed by atoms with van der Waals surface area (Å²) < 4.78 is 18.9. The van der Waals surface area contributed by atoms with E-state index >= 15 is 0 Å². The Morgan fingerprint density at radius 1 is 1.12 bits per heavy atom. The molecule has 6 heteroatoms. The second-order valence-electron chi connectivity index (χ2n) is 5.59. The molecule has 1 amide bonds. The SMILES string of the molecule is C[C@H](NC(=O)OCCCC(=O)c1ccc(F)cc1)c1ccc(Br)cc1. The first kappa shape index (κ1) is 19.1. The van der Waals surface area contributed by atoms with Gasteiger partial charge in [-0.1, -0.05) is 28.1 Å². The highest BCUT2D eigenvalue weighted by molar-refractivity contribution is 9.10. The predicted octanol–water partition coefficient (Wildman–Crippen LogP) is 5.04. The smallest absolute Gasteiger partial charge is 0.407 e. The van der Waals surface area contributed by atoms with Crippen LogP contribution in [0.25, 0.3) is 0 Å². The van der Waals surface area contributed by atoms with E-state index in [-0.39, 0.29) is 30.7 Å². The number of nitrogens with one attached hydrogen (secondary N) is 1. The van der Waals surface area contributed by atoms with Crippen LogP contribution < -0.4 is 5.32 Å². The van der Waals surface area contributed by atoms with Gasteiger partial charge in [0.15, 0.2) is 5.78 Å². The summed E-state index contributed by atoms with van der Waals surface area (Å²) in [6.07, 6.45) is 0.127. The maximum Gasteiger partial charge on any atom is 0.407 e. The van der Waals surface area contributed by atoms with Crippen molar-refractivity contribution in [1.29, 1.82) is 0 Å². The molecule has 0 aliphatic rings. The van der Waals surface area contributed by atoms with E-state index in [2.05, 4.69) is 21.2 Å². The van der Waals surface area contributed by atoms with Gasteiger partial charge < -0.3 is 10.1 Å². The second kappa shape index (κ2) is 9.32. The van der Waals surface area contributed by atoms with Crippen molar-refractivity contribution in [3.8, 4) is 0 Å². The standard InChI is InChI=1S/C19H19BrFNO3/c1-13(14-4-8-16(20)9-5-14)22-19(24)25-12-2-3-18(23)15-6-10-17(21)11-7-15/h4-11,13H,2-3,12H2,1H3,(H,22,24)/t13-/m0/s1. The first-order valence-corrected chi connectivity index (χ1v) is 8.72. The number of carbonyl (C=O) groups is 2. The van der Waals surface area contributed by atoms with E-state index in [1.165, 1.54) is 24.3 Å². The van der Waals surface area contributed by atoms with Crippen LogP contribution in [0.5, 0.6) is 0 Å². The summed E-state index contributed by atoms with van der Waals surface area (Å²) in [5.41, 5.74) is 1.42. The van der Waals surface area contributed by atoms with Crippen LogP contribution in [0.2, 0.25) is 0 Å². The molecule has 2 aromatic rings. The van der Waals surface area contributed by atoms with Gasteiger partial charge in [-0.3, -0.25) is 4.79 Å². The van der Waals surface area contributed by atoms with Crippen molar-refractivity contribution in [3.63, 3.8) is 0 Å². The van der Waals surface area contributed by atoms with Crippen molar-refractivity contribution in [3.05, 3.63) is 69.9 Å². The van der Waals surface area contributed by atoms with E-state index in [0.29, 0.717) is 12.0 Å². The van der Waals surface area contributed by atoms with E-state index < -0.39 is 6.09 Å². The fraction of sp³-hybridized carbons (Fsp3) is 0.263. The average Bonchev–Trinajstić information content (AvgIpc) is 2.59. The number of Topliss-reactive ketones (excluding diaryl/α,β-unsaturated/α-hetero) is 1. The molecule has 0 aromatic heterocycles. The number of hydrogen-bond donors (Lipinski definition) is 1. The molecule has 1 N–H and O–H groups in total. The number of alkyl carbamates (subject to hydrolysis) is 1. The van der Waals surface area contributed by atoms with Gasteiger partial charge in [-0.15, -0.1) is 0 Å². The molecule has 0 saturated carbocycles. The fourth-order valence-electron chi connectivity index (χ4n) is 2.23. The lowest BCUT2D eigenvalue weighted by molar-refractivity contribution is 0.0958. The van der Waals surface area contributed by atoms with Crippen LogP contribution in [0, 0.1) is 5.82 Å². The molecule has 0 unspecified atom stereocenters. The monoisotopic (exact) mass is 407 g/mol. The Labute approximate surface area is 154 Å². The van der Waals surface area contributed by atoms with Crippen LogP contribution >= 0.6 is 15.9 Å². The molecule has 2 rings (SSSR count). The topological polar surface area (TPSA) is 55.4 Å². The van der Waals surface area contributed by atoms with Crippen molar-refractivity contribution in [2.24, 2.45) is 0 Å². The van der Waals surface area contributed by atoms with Gasteiger partial charge in [0.1, 0.15) is 5.82 Å². The lowest BCUT2D eigenvalue weighted by atomic mass is 10.1. The average molecular weight is 408 g/mol. The molecule has 25 heavy (non-hydrogen) atoms. The molecular weight excluding hydrogens is 389 g/mol. The Morgan fingerprint density at radius 2 is 1.76 bits per heavy atom. The summed E-state index contributed by atoms with van der Waals surface area (Å²) in [6, 6.07) is 12.9. The summed E-state index contributed by atoms with van der Waals surface area (Å²) in [4.78, 5) is 23.7. The zero-order valence-electron chi connectivity index (χ0n) is 13.8. The fourth-order valence-corrected chi connectivity index (χ4v) is 2.50. The van der Waals surface area contributed by atoms with Gasteiger partial charge in [-0.25, -0.2) is 9.18 Å². The highest BCUT2D eigenvalue weighted by Crippen LogP contribution is 2.16. The summed E-state index contributed by atoms with van der Waals surface area (Å²) in [5, 5.41) is 2.74. The summed E-state index contributed by atoms with van der Waals surface area (Å²) in [6.45, 7) is 2.01. The molecule has 4 nitrogen and oxygen atoms in total. The number of halogens is 2. The van der Waals surface area contributed by atoms with Gasteiger partial charge in [0.05, 0.1) is 12.6 Å². The molecule has 0 bridgehead atoms. The van der Waals surface area contributed by atoms with E-state index in [1.54, 1.807) is 0 Å². The first-order valence-electron chi connectivity index (χ1n) is 7.93. The summed E-state index contributed by atoms with van der Waals surface area (Å²) in [5.74, 6) is -0.483. The van der Waals surface area contributed by atoms with Gasteiger partial charge in [-0.2, -0.15) is 0 Å². The second-order valence-corrected chi connectivity index (χ2v) is 6.50. The van der Waals surface area contributed by atoms with Gasteiger partial charge in [-0.05, 0) is 55.3 Å². The summed E-state index contributed by atoms with van der Waals surface area (Å²) in [7, 11) is 0. The Morgan fingerprint density at radius 3 is 2.40 bits per heavy atom. The van der Waals surface area contributed by atoms with E-state index in [9.17, 15) is 14.0 Å². The molecule has 132 valence electrons. The maximum atomic E-state index is 12.8. The zero-order chi connectivity index (χ0) is 18.2. The number of rotatable bonds is 7. The third-order valence-corrected chi connectivity index (χ3v) is 4.18. The minimum Gasteiger partial charge on any atom is -0.450 e. The normalized spacial score (nSPS) is 11.6. The summed E-state index contributed by atoms with van der Waals surface area (Å²) >= 11 is 3.36. The Balaban J connectivity index is 1.69. The van der Waals surface area contributed by atoms with Gasteiger partial charge in [0, 0.05) is 16.5 Å². The Bertz CT molecular complexity index is 716. The molecule has 0 heterocycles. The largest absolute Gasteiger partial charge is 0.450 e. The lowest BCUT2D eigenvalue weighted by Gasteiger charge is -2.14. The first-order chi connectivity index (χ1) is 12.0. The molecule has 0 saturated heterocycles. The third-order valence-electron chi connectivity index (χ3n) is 3.65. The van der Waals surface area contributed by atoms with E-state index in [4.69, 9.17) is 4.74 Å². The number of ketones is 1. The van der Waals surface area contributed by atoms with Crippen molar-refractivity contribution in [2.45, 2.75) is 25.8 Å². The highest BCUT2D eigenvalue weighted by atomic mass is 79.9. The molecular formula is C19H19BrFNO3. The van der Waals surface area contributed by atoms with Gasteiger partial charge in [0.25, 0.3) is 0 Å². The number of ether oxygens (including phenoxy) is 1. The van der Waals surface area contributed by atoms with Crippen LogP contribution in [0.3, 0.4) is 0 Å². The number of hydrogen-bond acceptors (Lipinski definition) is 3. The van der Waals surface area contributed by atoms with Crippen LogP contribution in [0.15, 0.2) is 53.0 Å². The molecule has 0 spiro atoms. The van der Waals surface area contributed by atoms with Crippen molar-refractivity contribution >= 4 is 27.8 Å². The molecule has 0 aliphatic carbocycles. The molecule has 1 atom stereocenters. The molecule has 0 aliphatic heterocycles. The van der Waals surface area contributed by atoms with Crippen LogP contribution in [0.1, 0.15) is 41.7 Å². The minimum absolute atomic E-state index is 0.104. The molecule has 2 aromatic carbocycles. The lowest BCUT2D eigenvalue weighted by Crippen LogP contribution is -2.27. The zero-order valence-corrected chi connectivity index (χ0v) is 15.4. The number of amides is 1. The quantitative estimate of drug-likeness (QED) is 0.516. The molecule has 0 radical (unpaired) electrons. The minimum atomic E-state index is -0.523. The van der Waals surface area contributed by atoms with Gasteiger partial charge >= 0.3 is 6.09 Å². The van der Waals surface area contributed by atoms with Crippen LogP contribution in [-0.2, 0) is 4.74 Å². The van der Waals surface area contributed by atoms with Crippen molar-refractivity contribution < 1.29 is 18.7 Å². The Hall–Kier alpha value is -2.21.